The third-order valence-corrected chi connectivity index (χ3v) is 7.99. The molecule has 0 bridgehead atoms. The second kappa shape index (κ2) is 20.3. The zero-order chi connectivity index (χ0) is 33.6. The van der Waals surface area contributed by atoms with Gasteiger partial charge in [-0.05, 0) is 96.2 Å². The first kappa shape index (κ1) is 43.9. The minimum absolute atomic E-state index is 0. The zero-order valence-electron chi connectivity index (χ0n) is 31.3. The van der Waals surface area contributed by atoms with Crippen LogP contribution in [0.3, 0.4) is 0 Å². The molecule has 0 spiro atoms. The predicted molar refractivity (Wildman–Crippen MR) is 197 cm³/mol. The molecule has 0 N–H and O–H groups in total. The Morgan fingerprint density at radius 2 is 0.800 bits per heavy atom. The van der Waals surface area contributed by atoms with Gasteiger partial charge >= 0.3 is 0 Å². The Balaban J connectivity index is 0.00000104. The summed E-state index contributed by atoms with van der Waals surface area (Å²) in [7, 11) is 0. The van der Waals surface area contributed by atoms with Gasteiger partial charge in [-0.15, -0.1) is 37.4 Å². The first-order chi connectivity index (χ1) is 20.2. The van der Waals surface area contributed by atoms with Gasteiger partial charge in [0, 0.05) is 48.4 Å². The van der Waals surface area contributed by atoms with Crippen LogP contribution in [0.2, 0.25) is 0 Å². The number of nitrogens with zero attached hydrogens (tertiary/aromatic N) is 4. The summed E-state index contributed by atoms with van der Waals surface area (Å²) < 4.78 is 0. The smallest absolute Gasteiger partial charge is 0.0129 e. The molecule has 0 radical (unpaired) electrons. The van der Waals surface area contributed by atoms with Gasteiger partial charge in [-0.25, -0.2) is 0 Å². The van der Waals surface area contributed by atoms with Gasteiger partial charge in [0.25, 0.3) is 0 Å². The normalized spacial score (nSPS) is 17.5. The zero-order valence-corrected chi connectivity index (χ0v) is 33.7. The van der Waals surface area contributed by atoms with Crippen LogP contribution in [0, 0.1) is 13.8 Å². The second-order valence-electron chi connectivity index (χ2n) is 16.2. The molecule has 0 aliphatic heterocycles. The Hall–Kier alpha value is -1.10. The fourth-order valence-electron chi connectivity index (χ4n) is 6.47. The van der Waals surface area contributed by atoms with E-state index in [4.69, 9.17) is 10.6 Å². The Morgan fingerprint density at radius 3 is 1.00 bits per heavy atom. The van der Waals surface area contributed by atoms with Crippen LogP contribution in [0.5, 0.6) is 0 Å². The van der Waals surface area contributed by atoms with Crippen molar-refractivity contribution in [3.05, 3.63) is 96.3 Å². The van der Waals surface area contributed by atoms with E-state index >= 15 is 0 Å². The Kier molecular flexibility index (Phi) is 19.8. The Labute approximate surface area is 300 Å². The van der Waals surface area contributed by atoms with Crippen LogP contribution in [0.1, 0.15) is 120 Å². The largest absolute Gasteiger partial charge is 0.660 e. The van der Waals surface area contributed by atoms with Gasteiger partial charge in [-0.2, -0.15) is 61.3 Å². The number of hydrogen-bond donors (Lipinski definition) is 0. The quantitative estimate of drug-likeness (QED) is 0.258. The molecule has 0 amide bonds. The Bertz CT molecular complexity index is 886. The van der Waals surface area contributed by atoms with Crippen LogP contribution in [-0.2, 0) is 26.2 Å². The van der Waals surface area contributed by atoms with Gasteiger partial charge in [-0.1, -0.05) is 37.8 Å². The third kappa shape index (κ3) is 18.7. The fraction of sp³-hybridized carbons (Fsp3) is 0.650. The van der Waals surface area contributed by atoms with E-state index < -0.39 is 0 Å². The van der Waals surface area contributed by atoms with Gasteiger partial charge in [0.15, 0.2) is 0 Å². The molecule has 4 nitrogen and oxygen atoms in total. The van der Waals surface area contributed by atoms with Gasteiger partial charge in [0.05, 0.1) is 0 Å². The molecular weight excluding hydrogens is 628 g/mol. The van der Waals surface area contributed by atoms with Gasteiger partial charge < -0.3 is 10.6 Å². The van der Waals surface area contributed by atoms with Crippen molar-refractivity contribution in [2.75, 3.05) is 26.2 Å². The summed E-state index contributed by atoms with van der Waals surface area (Å²) in [5.74, 6) is 0. The van der Waals surface area contributed by atoms with Crippen molar-refractivity contribution in [3.8, 4) is 0 Å². The monoisotopic (exact) mass is 694 g/mol. The van der Waals surface area contributed by atoms with E-state index in [1.165, 1.54) is 25.7 Å². The van der Waals surface area contributed by atoms with Gasteiger partial charge in [0.1, 0.15) is 0 Å². The van der Waals surface area contributed by atoms with E-state index in [1.807, 2.05) is 60.7 Å². The molecule has 2 aromatic carbocycles. The molecule has 2 aromatic rings. The molecule has 2 atom stereocenters. The molecule has 1 aliphatic carbocycles. The van der Waals surface area contributed by atoms with E-state index in [-0.39, 0.29) is 48.4 Å². The molecule has 1 fully saturated rings. The minimum atomic E-state index is 0. The van der Waals surface area contributed by atoms with E-state index in [9.17, 15) is 0 Å². The van der Waals surface area contributed by atoms with Crippen molar-refractivity contribution in [1.82, 2.24) is 9.80 Å². The van der Waals surface area contributed by atoms with Crippen molar-refractivity contribution in [2.24, 2.45) is 0 Å². The molecule has 5 heteroatoms. The number of rotatable bonds is 8. The maximum Gasteiger partial charge on any atom is 0.0129 e. The van der Waals surface area contributed by atoms with Crippen molar-refractivity contribution in [2.45, 2.75) is 143 Å². The van der Waals surface area contributed by atoms with Crippen LogP contribution in [0.15, 0.2) is 60.7 Å². The maximum absolute atomic E-state index is 5.18. The maximum atomic E-state index is 5.18. The topological polar surface area (TPSA) is 34.7 Å². The van der Waals surface area contributed by atoms with Crippen LogP contribution in [0.4, 0.5) is 0 Å². The average Bonchev–Trinajstić information content (AvgIpc) is 2.88. The van der Waals surface area contributed by atoms with Crippen molar-refractivity contribution in [3.63, 3.8) is 0 Å². The van der Waals surface area contributed by atoms with Crippen molar-refractivity contribution < 1.29 is 26.2 Å². The summed E-state index contributed by atoms with van der Waals surface area (Å²) in [5.41, 5.74) is 2.78. The molecule has 1 saturated carbocycles. The Morgan fingerprint density at radius 1 is 0.533 bits per heavy atom. The molecule has 3 rings (SSSR count). The summed E-state index contributed by atoms with van der Waals surface area (Å²) >= 11 is 0. The fourth-order valence-corrected chi connectivity index (χ4v) is 6.47. The van der Waals surface area contributed by atoms with E-state index in [1.54, 1.807) is 0 Å². The van der Waals surface area contributed by atoms with Crippen molar-refractivity contribution in [1.29, 1.82) is 0 Å². The van der Waals surface area contributed by atoms with Gasteiger partial charge in [-0.3, -0.25) is 9.80 Å². The summed E-state index contributed by atoms with van der Waals surface area (Å²) in [5, 5.41) is 10.4. The summed E-state index contributed by atoms with van der Waals surface area (Å²) in [6, 6.07) is 20.6. The molecular formula is C40H68N4Zr-4. The van der Waals surface area contributed by atoms with Crippen LogP contribution >= 0.6 is 0 Å². The van der Waals surface area contributed by atoms with Gasteiger partial charge in [0.2, 0.25) is 0 Å². The van der Waals surface area contributed by atoms with Crippen LogP contribution < -0.4 is 0 Å². The average molecular weight is 696 g/mol. The summed E-state index contributed by atoms with van der Waals surface area (Å²) in [6.07, 6.45) is 5.03. The first-order valence-corrected chi connectivity index (χ1v) is 16.9. The van der Waals surface area contributed by atoms with E-state index in [0.29, 0.717) is 12.1 Å². The molecule has 0 aromatic heterocycles. The molecule has 1 aliphatic rings. The molecule has 0 heterocycles. The number of hydrogen-bond acceptors (Lipinski definition) is 2. The summed E-state index contributed by atoms with van der Waals surface area (Å²) in [6.45, 7) is 39.1. The van der Waals surface area contributed by atoms with E-state index in [0.717, 1.165) is 37.3 Å². The first-order valence-electron chi connectivity index (χ1n) is 16.9. The molecule has 0 unspecified atom stereocenters. The van der Waals surface area contributed by atoms with E-state index in [2.05, 4.69) is 107 Å². The van der Waals surface area contributed by atoms with Crippen LogP contribution in [-0.4, -0.2) is 70.2 Å². The molecule has 45 heavy (non-hydrogen) atoms. The molecule has 0 saturated heterocycles. The summed E-state index contributed by atoms with van der Waals surface area (Å²) in [4.78, 5) is 5.17. The number of benzene rings is 2. The SMILES string of the molecule is CC(C)(C)N(CC[N-][C@@H]1CCCC[C@H]1[N-]CCN(C(C)(C)C)C(C)(C)C)C(C)(C)C.[CH2-]c1ccccc1.[CH2-]c1ccccc1.[Zr]. The van der Waals surface area contributed by atoms with Crippen LogP contribution in [0.25, 0.3) is 10.6 Å². The second-order valence-corrected chi connectivity index (χ2v) is 16.2. The standard InChI is InChI=1S/C26H54N4.2C7H7.Zr/c1-23(2,3)29(24(4,5)6)19-17-27-21-15-13-14-16-22(21)28-18-20-30(25(7,8)9)26(10,11)12;2*1-7-5-3-2-4-6-7;/h21-22H,13-20H2,1-12H3;2*2-6H,1H2;/q-2;2*-1;/t21-,22-;;;/m1.../s1. The third-order valence-electron chi connectivity index (χ3n) is 7.99. The predicted octanol–water partition coefficient (Wildman–Crippen LogP) is 10.6. The molecule has 256 valence electrons. The van der Waals surface area contributed by atoms with Crippen molar-refractivity contribution >= 4 is 0 Å². The minimum Gasteiger partial charge on any atom is -0.660 e.